The van der Waals surface area contributed by atoms with Gasteiger partial charge in [0.25, 0.3) is 0 Å². The number of aryl methyl sites for hydroxylation is 1. The van der Waals surface area contributed by atoms with Crippen LogP contribution in [-0.4, -0.2) is 28.0 Å². The molecule has 1 saturated heterocycles. The second kappa shape index (κ2) is 8.33. The largest absolute Gasteiger partial charge is 0.298 e. The van der Waals surface area contributed by atoms with Gasteiger partial charge in [-0.3, -0.25) is 4.90 Å². The molecule has 1 atom stereocenters. The average molecular weight is 397 g/mol. The van der Waals surface area contributed by atoms with Gasteiger partial charge in [0.15, 0.2) is 0 Å². The maximum atomic E-state index is 14.1. The van der Waals surface area contributed by atoms with Gasteiger partial charge < -0.3 is 0 Å². The standard InChI is InChI=1S/C23H22F3N3/c1-15-27-12-19(16-7-9-18(24)10-8-16)23(28-15)17-4-3-11-29(13-17)14-20-21(25)5-2-6-22(20)26/h2,5-10,12,17H,3-4,11,13-14H2,1H3. The molecule has 0 saturated carbocycles. The molecule has 3 aromatic rings. The lowest BCUT2D eigenvalue weighted by molar-refractivity contribution is 0.194. The first-order chi connectivity index (χ1) is 14.0. The lowest BCUT2D eigenvalue weighted by Crippen LogP contribution is -2.35. The van der Waals surface area contributed by atoms with Crippen molar-refractivity contribution in [2.45, 2.75) is 32.2 Å². The van der Waals surface area contributed by atoms with Gasteiger partial charge >= 0.3 is 0 Å². The minimum atomic E-state index is -0.517. The Morgan fingerprint density at radius 3 is 2.48 bits per heavy atom. The van der Waals surface area contributed by atoms with Gasteiger partial charge in [-0.15, -0.1) is 0 Å². The first-order valence-electron chi connectivity index (χ1n) is 9.76. The highest BCUT2D eigenvalue weighted by Gasteiger charge is 2.26. The summed E-state index contributed by atoms with van der Waals surface area (Å²) in [6, 6.07) is 10.3. The number of hydrogen-bond acceptors (Lipinski definition) is 3. The highest BCUT2D eigenvalue weighted by atomic mass is 19.1. The van der Waals surface area contributed by atoms with Crippen LogP contribution in [0.3, 0.4) is 0 Å². The first-order valence-corrected chi connectivity index (χ1v) is 9.76. The molecule has 150 valence electrons. The summed E-state index contributed by atoms with van der Waals surface area (Å²) in [5, 5.41) is 0. The van der Waals surface area contributed by atoms with E-state index in [0.29, 0.717) is 12.4 Å². The molecule has 2 aromatic carbocycles. The van der Waals surface area contributed by atoms with Gasteiger partial charge in [0.05, 0.1) is 5.69 Å². The molecule has 0 bridgehead atoms. The Morgan fingerprint density at radius 2 is 1.76 bits per heavy atom. The topological polar surface area (TPSA) is 29.0 Å². The van der Waals surface area contributed by atoms with Crippen molar-refractivity contribution in [1.29, 1.82) is 0 Å². The van der Waals surface area contributed by atoms with Crippen LogP contribution in [0.4, 0.5) is 13.2 Å². The van der Waals surface area contributed by atoms with E-state index in [1.54, 1.807) is 18.3 Å². The van der Waals surface area contributed by atoms with Gasteiger partial charge in [-0.1, -0.05) is 18.2 Å². The number of hydrogen-bond donors (Lipinski definition) is 0. The third-order valence-corrected chi connectivity index (χ3v) is 5.43. The molecule has 1 aliphatic rings. The fourth-order valence-electron chi connectivity index (χ4n) is 3.98. The molecule has 0 amide bonds. The Labute approximate surface area is 168 Å². The minimum absolute atomic E-state index is 0.103. The molecule has 29 heavy (non-hydrogen) atoms. The number of piperidine rings is 1. The van der Waals surface area contributed by atoms with E-state index in [1.807, 2.05) is 6.92 Å². The quantitative estimate of drug-likeness (QED) is 0.602. The second-order valence-corrected chi connectivity index (χ2v) is 7.50. The Hall–Kier alpha value is -2.73. The third kappa shape index (κ3) is 4.32. The minimum Gasteiger partial charge on any atom is -0.298 e. The van der Waals surface area contributed by atoms with Crippen LogP contribution in [-0.2, 0) is 6.54 Å². The summed E-state index contributed by atoms with van der Waals surface area (Å²) in [6.45, 7) is 3.50. The molecule has 0 spiro atoms. The van der Waals surface area contributed by atoms with Crippen molar-refractivity contribution in [3.05, 3.63) is 83.2 Å². The molecule has 0 aliphatic carbocycles. The van der Waals surface area contributed by atoms with Gasteiger partial charge in [0.1, 0.15) is 23.3 Å². The van der Waals surface area contributed by atoms with Gasteiger partial charge in [0, 0.05) is 36.3 Å². The van der Waals surface area contributed by atoms with Crippen molar-refractivity contribution >= 4 is 0 Å². The molecular weight excluding hydrogens is 375 g/mol. The van der Waals surface area contributed by atoms with E-state index in [1.165, 1.54) is 30.3 Å². The van der Waals surface area contributed by atoms with Crippen molar-refractivity contribution in [2.75, 3.05) is 13.1 Å². The zero-order valence-electron chi connectivity index (χ0n) is 16.2. The van der Waals surface area contributed by atoms with Gasteiger partial charge in [0.2, 0.25) is 0 Å². The summed E-state index contributed by atoms with van der Waals surface area (Å²) in [5.74, 6) is -0.545. The van der Waals surface area contributed by atoms with E-state index >= 15 is 0 Å². The molecule has 1 aromatic heterocycles. The SMILES string of the molecule is Cc1ncc(-c2ccc(F)cc2)c(C2CCCN(Cc3c(F)cccc3F)C2)n1. The van der Waals surface area contributed by atoms with Crippen molar-refractivity contribution in [3.63, 3.8) is 0 Å². The summed E-state index contributed by atoms with van der Waals surface area (Å²) < 4.78 is 41.5. The predicted molar refractivity (Wildman–Crippen MR) is 106 cm³/mol. The number of rotatable bonds is 4. The van der Waals surface area contributed by atoms with E-state index in [9.17, 15) is 13.2 Å². The van der Waals surface area contributed by atoms with E-state index in [0.717, 1.165) is 36.2 Å². The molecule has 1 fully saturated rings. The average Bonchev–Trinajstić information content (AvgIpc) is 2.72. The van der Waals surface area contributed by atoms with Crippen LogP contribution < -0.4 is 0 Å². The number of nitrogens with zero attached hydrogens (tertiary/aromatic N) is 3. The van der Waals surface area contributed by atoms with Crippen LogP contribution in [0, 0.1) is 24.4 Å². The normalized spacial score (nSPS) is 17.4. The van der Waals surface area contributed by atoms with Crippen LogP contribution in [0.1, 0.15) is 35.8 Å². The van der Waals surface area contributed by atoms with Gasteiger partial charge in [-0.2, -0.15) is 0 Å². The van der Waals surface area contributed by atoms with Crippen LogP contribution in [0.5, 0.6) is 0 Å². The summed E-state index contributed by atoms with van der Waals surface area (Å²) in [7, 11) is 0. The predicted octanol–water partition coefficient (Wildman–Crippen LogP) is 5.25. The van der Waals surface area contributed by atoms with Crippen LogP contribution in [0.2, 0.25) is 0 Å². The Balaban J connectivity index is 1.61. The first kappa shape index (κ1) is 19.6. The monoisotopic (exact) mass is 397 g/mol. The summed E-state index contributed by atoms with van der Waals surface area (Å²) >= 11 is 0. The molecule has 1 aliphatic heterocycles. The molecule has 0 N–H and O–H groups in total. The summed E-state index contributed by atoms with van der Waals surface area (Å²) in [5.41, 5.74) is 2.74. The Bertz CT molecular complexity index is 984. The van der Waals surface area contributed by atoms with Crippen molar-refractivity contribution in [2.24, 2.45) is 0 Å². The highest BCUT2D eigenvalue weighted by Crippen LogP contribution is 2.33. The van der Waals surface area contributed by atoms with Gasteiger partial charge in [-0.05, 0) is 56.1 Å². The molecule has 0 radical (unpaired) electrons. The molecule has 2 heterocycles. The fourth-order valence-corrected chi connectivity index (χ4v) is 3.98. The summed E-state index contributed by atoms with van der Waals surface area (Å²) in [6.07, 6.45) is 3.62. The zero-order valence-corrected chi connectivity index (χ0v) is 16.2. The van der Waals surface area contributed by atoms with Crippen molar-refractivity contribution < 1.29 is 13.2 Å². The van der Waals surface area contributed by atoms with Crippen molar-refractivity contribution in [3.8, 4) is 11.1 Å². The second-order valence-electron chi connectivity index (χ2n) is 7.50. The van der Waals surface area contributed by atoms with Gasteiger partial charge in [-0.25, -0.2) is 23.1 Å². The van der Waals surface area contributed by atoms with Crippen LogP contribution in [0.25, 0.3) is 11.1 Å². The number of likely N-dealkylation sites (tertiary alicyclic amines) is 1. The van der Waals surface area contributed by atoms with E-state index in [-0.39, 0.29) is 23.8 Å². The highest BCUT2D eigenvalue weighted by molar-refractivity contribution is 5.65. The lowest BCUT2D eigenvalue weighted by atomic mass is 9.89. The third-order valence-electron chi connectivity index (χ3n) is 5.43. The van der Waals surface area contributed by atoms with Crippen LogP contribution in [0.15, 0.2) is 48.7 Å². The fraction of sp³-hybridized carbons (Fsp3) is 0.304. The number of benzene rings is 2. The Morgan fingerprint density at radius 1 is 1.03 bits per heavy atom. The molecular formula is C23H22F3N3. The number of aromatic nitrogens is 2. The van der Waals surface area contributed by atoms with E-state index < -0.39 is 11.6 Å². The zero-order chi connectivity index (χ0) is 20.4. The lowest BCUT2D eigenvalue weighted by Gasteiger charge is -2.33. The van der Waals surface area contributed by atoms with Crippen molar-refractivity contribution in [1.82, 2.24) is 14.9 Å². The van der Waals surface area contributed by atoms with E-state index in [2.05, 4.69) is 9.88 Å². The molecule has 3 nitrogen and oxygen atoms in total. The molecule has 1 unspecified atom stereocenters. The molecule has 6 heteroatoms. The molecule has 4 rings (SSSR count). The maximum Gasteiger partial charge on any atom is 0.130 e. The smallest absolute Gasteiger partial charge is 0.130 e. The van der Waals surface area contributed by atoms with Crippen LogP contribution >= 0.6 is 0 Å². The van der Waals surface area contributed by atoms with E-state index in [4.69, 9.17) is 4.98 Å². The maximum absolute atomic E-state index is 14.1. The number of halogens is 3. The summed E-state index contributed by atoms with van der Waals surface area (Å²) in [4.78, 5) is 11.1. The Kier molecular flexibility index (Phi) is 5.62.